The summed E-state index contributed by atoms with van der Waals surface area (Å²) >= 11 is 6.14. The minimum absolute atomic E-state index is 0.133. The van der Waals surface area contributed by atoms with E-state index in [2.05, 4.69) is 5.32 Å². The van der Waals surface area contributed by atoms with Crippen LogP contribution in [0.5, 0.6) is 5.75 Å². The van der Waals surface area contributed by atoms with Gasteiger partial charge in [0, 0.05) is 31.3 Å². The normalized spacial score (nSPS) is 10.3. The minimum atomic E-state index is -0.163. The minimum Gasteiger partial charge on any atom is -0.495 e. The summed E-state index contributed by atoms with van der Waals surface area (Å²) in [5, 5.41) is 3.27. The molecule has 2 aromatic rings. The van der Waals surface area contributed by atoms with E-state index >= 15 is 0 Å². The van der Waals surface area contributed by atoms with Crippen molar-refractivity contribution in [2.45, 2.75) is 20.8 Å². The van der Waals surface area contributed by atoms with E-state index in [4.69, 9.17) is 16.3 Å². The quantitative estimate of drug-likeness (QED) is 0.837. The SMILES string of the molecule is COc1ccc(N(CCNC(=O)c2ccc(C)c(C)c2)C(C)=O)cc1Cl. The van der Waals surface area contributed by atoms with Gasteiger partial charge >= 0.3 is 0 Å². The number of methoxy groups -OCH3 is 1. The average Bonchev–Trinajstić information content (AvgIpc) is 2.60. The van der Waals surface area contributed by atoms with E-state index < -0.39 is 0 Å². The van der Waals surface area contributed by atoms with Gasteiger partial charge in [-0.05, 0) is 55.3 Å². The lowest BCUT2D eigenvalue weighted by Crippen LogP contribution is -2.37. The van der Waals surface area contributed by atoms with Gasteiger partial charge in [-0.25, -0.2) is 0 Å². The maximum Gasteiger partial charge on any atom is 0.251 e. The van der Waals surface area contributed by atoms with E-state index in [0.29, 0.717) is 35.1 Å². The van der Waals surface area contributed by atoms with Crippen molar-refractivity contribution in [2.75, 3.05) is 25.1 Å². The van der Waals surface area contributed by atoms with Gasteiger partial charge < -0.3 is 15.0 Å². The molecule has 0 spiro atoms. The van der Waals surface area contributed by atoms with Crippen LogP contribution >= 0.6 is 11.6 Å². The number of rotatable bonds is 6. The summed E-state index contributed by atoms with van der Waals surface area (Å²) < 4.78 is 5.13. The molecular weight excluding hydrogens is 352 g/mol. The first-order chi connectivity index (χ1) is 12.3. The molecule has 0 saturated carbocycles. The third-order valence-corrected chi connectivity index (χ3v) is 4.51. The van der Waals surface area contributed by atoms with Crippen LogP contribution < -0.4 is 15.0 Å². The summed E-state index contributed by atoms with van der Waals surface area (Å²) in [4.78, 5) is 25.8. The summed E-state index contributed by atoms with van der Waals surface area (Å²) in [6, 6.07) is 10.7. The van der Waals surface area contributed by atoms with Crippen molar-refractivity contribution in [1.29, 1.82) is 0 Å². The van der Waals surface area contributed by atoms with Gasteiger partial charge in [0.05, 0.1) is 12.1 Å². The third-order valence-electron chi connectivity index (χ3n) is 4.22. The van der Waals surface area contributed by atoms with E-state index in [1.807, 2.05) is 26.0 Å². The molecule has 0 unspecified atom stereocenters. The molecule has 0 aromatic heterocycles. The van der Waals surface area contributed by atoms with Crippen molar-refractivity contribution in [2.24, 2.45) is 0 Å². The highest BCUT2D eigenvalue weighted by Gasteiger charge is 2.14. The second-order valence-corrected chi connectivity index (χ2v) is 6.45. The van der Waals surface area contributed by atoms with Crippen LogP contribution in [0.3, 0.4) is 0 Å². The van der Waals surface area contributed by atoms with Crippen LogP contribution in [0.25, 0.3) is 0 Å². The molecule has 0 atom stereocenters. The highest BCUT2D eigenvalue weighted by atomic mass is 35.5. The molecular formula is C20H23ClN2O3. The fourth-order valence-electron chi connectivity index (χ4n) is 2.56. The Bertz CT molecular complexity index is 821. The Labute approximate surface area is 158 Å². The van der Waals surface area contributed by atoms with Crippen LogP contribution in [0.2, 0.25) is 5.02 Å². The monoisotopic (exact) mass is 374 g/mol. The Balaban J connectivity index is 2.02. The second kappa shape index (κ2) is 8.72. The largest absolute Gasteiger partial charge is 0.495 e. The number of nitrogens with one attached hydrogen (secondary N) is 1. The summed E-state index contributed by atoms with van der Waals surface area (Å²) in [6.07, 6.45) is 0. The second-order valence-electron chi connectivity index (χ2n) is 6.04. The fourth-order valence-corrected chi connectivity index (χ4v) is 2.81. The highest BCUT2D eigenvalue weighted by molar-refractivity contribution is 6.32. The number of anilines is 1. The molecule has 26 heavy (non-hydrogen) atoms. The Kier molecular flexibility index (Phi) is 6.64. The molecule has 138 valence electrons. The van der Waals surface area contributed by atoms with Crippen molar-refractivity contribution in [3.8, 4) is 5.75 Å². The number of carbonyl (C=O) groups excluding carboxylic acids is 2. The average molecular weight is 375 g/mol. The number of hydrogen-bond donors (Lipinski definition) is 1. The van der Waals surface area contributed by atoms with E-state index in [9.17, 15) is 9.59 Å². The Morgan fingerprint density at radius 3 is 2.42 bits per heavy atom. The van der Waals surface area contributed by atoms with Gasteiger partial charge in [0.25, 0.3) is 5.91 Å². The van der Waals surface area contributed by atoms with Gasteiger partial charge in [-0.15, -0.1) is 0 Å². The van der Waals surface area contributed by atoms with Gasteiger partial charge in [0.1, 0.15) is 5.75 Å². The van der Waals surface area contributed by atoms with E-state index in [1.54, 1.807) is 29.2 Å². The molecule has 1 N–H and O–H groups in total. The lowest BCUT2D eigenvalue weighted by atomic mass is 10.1. The van der Waals surface area contributed by atoms with Gasteiger partial charge in [-0.3, -0.25) is 9.59 Å². The predicted octanol–water partition coefficient (Wildman–Crippen LogP) is 3.75. The van der Waals surface area contributed by atoms with Crippen molar-refractivity contribution in [3.05, 3.63) is 58.1 Å². The molecule has 0 aliphatic heterocycles. The van der Waals surface area contributed by atoms with Crippen LogP contribution in [0.15, 0.2) is 36.4 Å². The van der Waals surface area contributed by atoms with Gasteiger partial charge in [0.2, 0.25) is 5.91 Å². The van der Waals surface area contributed by atoms with E-state index in [0.717, 1.165) is 11.1 Å². The first kappa shape index (κ1) is 19.8. The zero-order valence-electron chi connectivity index (χ0n) is 15.4. The molecule has 2 amide bonds. The number of carbonyl (C=O) groups is 2. The van der Waals surface area contributed by atoms with Crippen molar-refractivity contribution < 1.29 is 14.3 Å². The van der Waals surface area contributed by atoms with Gasteiger partial charge in [-0.2, -0.15) is 0 Å². The maximum absolute atomic E-state index is 12.3. The first-order valence-electron chi connectivity index (χ1n) is 8.30. The molecule has 2 aromatic carbocycles. The molecule has 0 bridgehead atoms. The Hall–Kier alpha value is -2.53. The van der Waals surface area contributed by atoms with Crippen molar-refractivity contribution in [1.82, 2.24) is 5.32 Å². The van der Waals surface area contributed by atoms with E-state index in [-0.39, 0.29) is 11.8 Å². The lowest BCUT2D eigenvalue weighted by molar-refractivity contribution is -0.116. The molecule has 0 saturated heterocycles. The molecule has 0 fully saturated rings. The zero-order chi connectivity index (χ0) is 19.3. The number of hydrogen-bond acceptors (Lipinski definition) is 3. The predicted molar refractivity (Wildman–Crippen MR) is 104 cm³/mol. The number of halogens is 1. The summed E-state index contributed by atoms with van der Waals surface area (Å²) in [5.41, 5.74) is 3.47. The number of benzene rings is 2. The lowest BCUT2D eigenvalue weighted by Gasteiger charge is -2.22. The molecule has 2 rings (SSSR count). The van der Waals surface area contributed by atoms with Crippen molar-refractivity contribution >= 4 is 29.1 Å². The summed E-state index contributed by atoms with van der Waals surface area (Å²) in [5.74, 6) is 0.248. The third kappa shape index (κ3) is 4.76. The molecule has 5 nitrogen and oxygen atoms in total. The fraction of sp³-hybridized carbons (Fsp3) is 0.300. The van der Waals surface area contributed by atoms with Crippen LogP contribution in [0, 0.1) is 13.8 Å². The topological polar surface area (TPSA) is 58.6 Å². The first-order valence-corrected chi connectivity index (χ1v) is 8.68. The summed E-state index contributed by atoms with van der Waals surface area (Å²) in [7, 11) is 1.53. The van der Waals surface area contributed by atoms with Crippen molar-refractivity contribution in [3.63, 3.8) is 0 Å². The summed E-state index contributed by atoms with van der Waals surface area (Å²) in [6.45, 7) is 6.12. The zero-order valence-corrected chi connectivity index (χ0v) is 16.2. The van der Waals surface area contributed by atoms with Gasteiger partial charge in [0.15, 0.2) is 0 Å². The number of ether oxygens (including phenoxy) is 1. The standard InChI is InChI=1S/C20H23ClN2O3/c1-13-5-6-16(11-14(13)2)20(25)22-9-10-23(15(3)24)17-7-8-19(26-4)18(21)12-17/h5-8,11-12H,9-10H2,1-4H3,(H,22,25). The molecule has 6 heteroatoms. The van der Waals surface area contributed by atoms with Gasteiger partial charge in [-0.1, -0.05) is 17.7 Å². The number of aryl methyl sites for hydroxylation is 2. The van der Waals surface area contributed by atoms with Crippen LogP contribution in [-0.2, 0) is 4.79 Å². The Morgan fingerprint density at radius 2 is 1.85 bits per heavy atom. The van der Waals surface area contributed by atoms with Crippen LogP contribution in [0.1, 0.15) is 28.4 Å². The van der Waals surface area contributed by atoms with E-state index in [1.165, 1.54) is 14.0 Å². The maximum atomic E-state index is 12.3. The van der Waals surface area contributed by atoms with Crippen LogP contribution in [0.4, 0.5) is 5.69 Å². The smallest absolute Gasteiger partial charge is 0.251 e. The molecule has 0 aliphatic carbocycles. The van der Waals surface area contributed by atoms with Crippen LogP contribution in [-0.4, -0.2) is 32.0 Å². The Morgan fingerprint density at radius 1 is 1.12 bits per heavy atom. The number of nitrogens with zero attached hydrogens (tertiary/aromatic N) is 1. The molecule has 0 heterocycles. The molecule has 0 aliphatic rings. The highest BCUT2D eigenvalue weighted by Crippen LogP contribution is 2.29. The molecule has 0 radical (unpaired) electrons. The number of amides is 2.